The molecule has 12 nitrogen and oxygen atoms in total. The van der Waals surface area contributed by atoms with Gasteiger partial charge in [0.05, 0.1) is 30.1 Å². The number of methoxy groups -OCH3 is 1. The number of hydrogen-bond donors (Lipinski definition) is 1. The number of piperazine rings is 1. The molecule has 4 aromatic rings. The molecule has 0 unspecified atom stereocenters. The van der Waals surface area contributed by atoms with Crippen molar-refractivity contribution in [2.24, 2.45) is 0 Å². The zero-order valence-corrected chi connectivity index (χ0v) is 25.1. The minimum atomic E-state index is -3.07. The number of thiazole rings is 1. The summed E-state index contributed by atoms with van der Waals surface area (Å²) in [5, 5.41) is 15.9. The Bertz CT molecular complexity index is 1680. The van der Waals surface area contributed by atoms with E-state index in [1.807, 2.05) is 18.7 Å². The van der Waals surface area contributed by atoms with Crippen molar-refractivity contribution >= 4 is 40.6 Å². The van der Waals surface area contributed by atoms with Gasteiger partial charge in [-0.1, -0.05) is 6.07 Å². The lowest BCUT2D eigenvalue weighted by molar-refractivity contribution is -0.129. The summed E-state index contributed by atoms with van der Waals surface area (Å²) in [6.45, 7) is 5.86. The fraction of sp³-hybridized carbons (Fsp3) is 0.393. The Hall–Kier alpha value is -4.53. The molecule has 1 N–H and O–H groups in total. The van der Waals surface area contributed by atoms with Gasteiger partial charge in [0.25, 0.3) is 0 Å². The van der Waals surface area contributed by atoms with Gasteiger partial charge in [0.2, 0.25) is 5.91 Å². The van der Waals surface area contributed by atoms with Crippen molar-refractivity contribution in [1.82, 2.24) is 24.5 Å². The molecular formula is C28H31F2N7O5S. The summed E-state index contributed by atoms with van der Waals surface area (Å²) in [5.41, 5.74) is 2.56. The second-order valence-electron chi connectivity index (χ2n) is 10.0. The van der Waals surface area contributed by atoms with Gasteiger partial charge >= 0.3 is 12.7 Å². The van der Waals surface area contributed by atoms with E-state index in [1.165, 1.54) is 46.9 Å². The molecule has 1 fully saturated rings. The molecular weight excluding hydrogens is 584 g/mol. The van der Waals surface area contributed by atoms with Crippen molar-refractivity contribution in [3.8, 4) is 22.6 Å². The van der Waals surface area contributed by atoms with E-state index in [0.29, 0.717) is 54.5 Å². The number of hydrogen-bond acceptors (Lipinski definition) is 9. The zero-order valence-electron chi connectivity index (χ0n) is 24.3. The van der Waals surface area contributed by atoms with Crippen LogP contribution in [0.2, 0.25) is 0 Å². The van der Waals surface area contributed by atoms with Gasteiger partial charge in [-0.15, -0.1) is 11.3 Å². The van der Waals surface area contributed by atoms with Crippen LogP contribution in [0.25, 0.3) is 16.8 Å². The molecule has 0 aliphatic carbocycles. The number of alkyl halides is 2. The van der Waals surface area contributed by atoms with E-state index in [0.717, 1.165) is 15.6 Å². The van der Waals surface area contributed by atoms with Gasteiger partial charge in [-0.25, -0.2) is 14.8 Å². The van der Waals surface area contributed by atoms with Crippen LogP contribution < -0.4 is 19.3 Å². The van der Waals surface area contributed by atoms with Crippen molar-refractivity contribution in [1.29, 1.82) is 0 Å². The number of rotatable bonds is 8. The molecule has 0 spiro atoms. The third-order valence-corrected chi connectivity index (χ3v) is 8.32. The minimum Gasteiger partial charge on any atom is -0.493 e. The summed E-state index contributed by atoms with van der Waals surface area (Å²) in [7, 11) is 1.35. The number of halogens is 2. The number of ether oxygens (including phenoxy) is 2. The highest BCUT2D eigenvalue weighted by atomic mass is 32.1. The van der Waals surface area contributed by atoms with Gasteiger partial charge in [-0.3, -0.25) is 9.69 Å². The Kier molecular flexibility index (Phi) is 8.35. The van der Waals surface area contributed by atoms with E-state index in [9.17, 15) is 23.5 Å². The SMILES string of the molecule is COc1ccc(-c2c(C)nn3c(N(Cc4sc(C)nc4C)C(=O)O)cc(N4CCN(C(C)=O)CC4)nc23)cc1OC(F)F. The molecule has 228 valence electrons. The Balaban J connectivity index is 1.69. The van der Waals surface area contributed by atoms with Crippen LogP contribution in [0.3, 0.4) is 0 Å². The van der Waals surface area contributed by atoms with Gasteiger partial charge in [0.15, 0.2) is 17.1 Å². The second-order valence-corrected chi connectivity index (χ2v) is 11.3. The zero-order chi connectivity index (χ0) is 31.0. The number of amides is 2. The Labute approximate surface area is 250 Å². The number of benzene rings is 1. The Morgan fingerprint density at radius 3 is 2.37 bits per heavy atom. The van der Waals surface area contributed by atoms with Gasteiger partial charge in [-0.05, 0) is 38.5 Å². The summed E-state index contributed by atoms with van der Waals surface area (Å²) in [4.78, 5) is 39.7. The van der Waals surface area contributed by atoms with Crippen molar-refractivity contribution in [2.75, 3.05) is 43.1 Å². The number of aryl methyl sites for hydroxylation is 3. The molecule has 1 saturated heterocycles. The largest absolute Gasteiger partial charge is 0.493 e. The van der Waals surface area contributed by atoms with E-state index in [4.69, 9.17) is 14.5 Å². The molecule has 0 atom stereocenters. The first-order valence-electron chi connectivity index (χ1n) is 13.4. The van der Waals surface area contributed by atoms with Crippen LogP contribution in [0.5, 0.6) is 11.5 Å². The molecule has 0 saturated carbocycles. The molecule has 43 heavy (non-hydrogen) atoms. The molecule has 1 aromatic carbocycles. The van der Waals surface area contributed by atoms with Gasteiger partial charge in [-0.2, -0.15) is 18.4 Å². The highest BCUT2D eigenvalue weighted by molar-refractivity contribution is 7.11. The van der Waals surface area contributed by atoms with Crippen LogP contribution in [-0.4, -0.2) is 81.5 Å². The maximum absolute atomic E-state index is 13.2. The van der Waals surface area contributed by atoms with Crippen molar-refractivity contribution in [3.05, 3.63) is 45.5 Å². The predicted molar refractivity (Wildman–Crippen MR) is 157 cm³/mol. The molecule has 4 heterocycles. The lowest BCUT2D eigenvalue weighted by Gasteiger charge is -2.35. The minimum absolute atomic E-state index is 0.0222. The van der Waals surface area contributed by atoms with Crippen LogP contribution in [0, 0.1) is 20.8 Å². The molecule has 0 radical (unpaired) electrons. The number of fused-ring (bicyclic) bond motifs is 1. The van der Waals surface area contributed by atoms with E-state index < -0.39 is 12.7 Å². The Morgan fingerprint density at radius 1 is 1.07 bits per heavy atom. The van der Waals surface area contributed by atoms with Crippen LogP contribution in [0.1, 0.15) is 28.2 Å². The lowest BCUT2D eigenvalue weighted by atomic mass is 10.1. The Morgan fingerprint density at radius 2 is 1.79 bits per heavy atom. The summed E-state index contributed by atoms with van der Waals surface area (Å²) in [6, 6.07) is 6.29. The molecule has 0 bridgehead atoms. The third-order valence-electron chi connectivity index (χ3n) is 7.26. The van der Waals surface area contributed by atoms with Crippen molar-refractivity contribution in [2.45, 2.75) is 40.9 Å². The van der Waals surface area contributed by atoms with Crippen LogP contribution in [-0.2, 0) is 11.3 Å². The quantitative estimate of drug-likeness (QED) is 0.299. The molecule has 5 rings (SSSR count). The maximum Gasteiger partial charge on any atom is 0.413 e. The van der Waals surface area contributed by atoms with Crippen LogP contribution in [0.15, 0.2) is 24.3 Å². The number of anilines is 2. The monoisotopic (exact) mass is 615 g/mol. The molecule has 2 amide bonds. The van der Waals surface area contributed by atoms with Gasteiger partial charge in [0, 0.05) is 49.6 Å². The average Bonchev–Trinajstić information content (AvgIpc) is 3.46. The summed E-state index contributed by atoms with van der Waals surface area (Å²) in [6.07, 6.45) is -1.20. The molecule has 15 heteroatoms. The number of carboxylic acid groups (broad SMARTS) is 1. The predicted octanol–water partition coefficient (Wildman–Crippen LogP) is 4.74. The van der Waals surface area contributed by atoms with E-state index in [1.54, 1.807) is 24.0 Å². The fourth-order valence-corrected chi connectivity index (χ4v) is 6.09. The first-order chi connectivity index (χ1) is 20.5. The second kappa shape index (κ2) is 12.0. The topological polar surface area (TPSA) is 126 Å². The highest BCUT2D eigenvalue weighted by Gasteiger charge is 2.28. The first-order valence-corrected chi connectivity index (χ1v) is 14.3. The fourth-order valence-electron chi connectivity index (χ4n) is 5.17. The van der Waals surface area contributed by atoms with Crippen molar-refractivity contribution in [3.63, 3.8) is 0 Å². The van der Waals surface area contributed by atoms with Gasteiger partial charge < -0.3 is 24.4 Å². The number of nitrogens with zero attached hydrogens (tertiary/aromatic N) is 7. The standard InChI is InChI=1S/C28H31F2N7O5S/c1-15-22(43-17(3)31-15)14-36(28(39)40)24-13-23(35-10-8-34(9-11-35)18(4)38)32-26-25(16(2)33-37(24)26)19-6-7-20(41-5)21(12-19)42-27(29)30/h6-7,12-13,27H,8-11,14H2,1-5H3,(H,39,40). The van der Waals surface area contributed by atoms with Crippen LogP contribution >= 0.6 is 11.3 Å². The highest BCUT2D eigenvalue weighted by Crippen LogP contribution is 2.38. The molecule has 1 aliphatic rings. The number of carbonyl (C=O) groups is 2. The van der Waals surface area contributed by atoms with Crippen LogP contribution in [0.4, 0.5) is 25.2 Å². The summed E-state index contributed by atoms with van der Waals surface area (Å²) < 4.78 is 37.8. The number of carbonyl (C=O) groups excluding carboxylic acids is 1. The normalized spacial score (nSPS) is 13.6. The van der Waals surface area contributed by atoms with E-state index in [2.05, 4.69) is 10.1 Å². The van der Waals surface area contributed by atoms with E-state index in [-0.39, 0.29) is 29.8 Å². The van der Waals surface area contributed by atoms with Gasteiger partial charge in [0.1, 0.15) is 11.6 Å². The first kappa shape index (κ1) is 29.9. The summed E-state index contributed by atoms with van der Waals surface area (Å²) in [5.74, 6) is 0.689. The lowest BCUT2D eigenvalue weighted by Crippen LogP contribution is -2.48. The molecule has 3 aromatic heterocycles. The number of aromatic nitrogens is 4. The maximum atomic E-state index is 13.2. The van der Waals surface area contributed by atoms with E-state index >= 15 is 0 Å². The molecule has 1 aliphatic heterocycles. The average molecular weight is 616 g/mol. The third kappa shape index (κ3) is 6.02. The summed E-state index contributed by atoms with van der Waals surface area (Å²) >= 11 is 1.41. The van der Waals surface area contributed by atoms with Crippen molar-refractivity contribution < 1.29 is 33.0 Å². The smallest absolute Gasteiger partial charge is 0.413 e.